The van der Waals surface area contributed by atoms with Gasteiger partial charge in [0, 0.05) is 38.8 Å². The second kappa shape index (κ2) is 8.85. The third kappa shape index (κ3) is 4.98. The van der Waals surface area contributed by atoms with Gasteiger partial charge in [-0.05, 0) is 36.6 Å². The van der Waals surface area contributed by atoms with Crippen LogP contribution in [0.1, 0.15) is 28.8 Å². The van der Waals surface area contributed by atoms with Gasteiger partial charge in [0.25, 0.3) is 11.6 Å². The van der Waals surface area contributed by atoms with Crippen molar-refractivity contribution in [2.45, 2.75) is 26.0 Å². The molecule has 1 aliphatic heterocycles. The molecule has 154 valence electrons. The Morgan fingerprint density at radius 2 is 1.86 bits per heavy atom. The van der Waals surface area contributed by atoms with Gasteiger partial charge in [0.1, 0.15) is 5.75 Å². The predicted octanol–water partition coefficient (Wildman–Crippen LogP) is 4.07. The molecule has 0 spiro atoms. The second-order valence-electron chi connectivity index (χ2n) is 6.84. The lowest BCUT2D eigenvalue weighted by Crippen LogP contribution is -2.29. The number of hydrogen-bond acceptors (Lipinski definition) is 5. The van der Waals surface area contributed by atoms with Gasteiger partial charge in [0.2, 0.25) is 0 Å². The maximum absolute atomic E-state index is 13.1. The van der Waals surface area contributed by atoms with Crippen LogP contribution in [0.15, 0.2) is 42.5 Å². The van der Waals surface area contributed by atoms with Crippen molar-refractivity contribution in [3.63, 3.8) is 0 Å². The van der Waals surface area contributed by atoms with E-state index in [9.17, 15) is 23.7 Å². The average Bonchev–Trinajstić information content (AvgIpc) is 3.22. The van der Waals surface area contributed by atoms with E-state index in [1.165, 1.54) is 29.2 Å². The Bertz CT molecular complexity index is 884. The summed E-state index contributed by atoms with van der Waals surface area (Å²) in [5.74, 6) is -0.309. The molecular formula is C20H21F2N3O4. The molecular weight excluding hydrogens is 384 g/mol. The summed E-state index contributed by atoms with van der Waals surface area (Å²) >= 11 is 0. The van der Waals surface area contributed by atoms with Crippen LogP contribution in [0.25, 0.3) is 0 Å². The first-order chi connectivity index (χ1) is 13.8. The molecule has 0 atom stereocenters. The van der Waals surface area contributed by atoms with Crippen molar-refractivity contribution in [2.24, 2.45) is 0 Å². The van der Waals surface area contributed by atoms with Gasteiger partial charge < -0.3 is 14.5 Å². The fourth-order valence-corrected chi connectivity index (χ4v) is 3.37. The van der Waals surface area contributed by atoms with Crippen LogP contribution in [-0.4, -0.2) is 42.5 Å². The minimum atomic E-state index is -2.90. The molecule has 2 aromatic carbocycles. The number of alkyl halides is 2. The van der Waals surface area contributed by atoms with Crippen LogP contribution >= 0.6 is 0 Å². The van der Waals surface area contributed by atoms with Crippen molar-refractivity contribution in [1.82, 2.24) is 4.90 Å². The number of hydrogen-bond donors (Lipinski definition) is 0. The first kappa shape index (κ1) is 20.5. The number of carbonyl (C=O) groups is 1. The zero-order chi connectivity index (χ0) is 21.0. The van der Waals surface area contributed by atoms with Gasteiger partial charge in [-0.25, -0.2) is 0 Å². The van der Waals surface area contributed by atoms with Crippen molar-refractivity contribution in [3.8, 4) is 5.75 Å². The highest BCUT2D eigenvalue weighted by Gasteiger charge is 2.24. The molecule has 1 fully saturated rings. The van der Waals surface area contributed by atoms with Crippen molar-refractivity contribution >= 4 is 17.3 Å². The third-order valence-electron chi connectivity index (χ3n) is 4.78. The number of ether oxygens (including phenoxy) is 1. The highest BCUT2D eigenvalue weighted by atomic mass is 19.3. The summed E-state index contributed by atoms with van der Waals surface area (Å²) in [5.41, 5.74) is 1.54. The SMILES string of the molecule is CN(Cc1ccc(OC(F)F)cc1)C(=O)c1cc([N+](=O)[O-])ccc1N1CCCC1. The highest BCUT2D eigenvalue weighted by molar-refractivity contribution is 6.00. The molecule has 1 aliphatic rings. The lowest BCUT2D eigenvalue weighted by molar-refractivity contribution is -0.384. The Balaban J connectivity index is 1.80. The molecule has 0 unspecified atom stereocenters. The standard InChI is InChI=1S/C20H21F2N3O4/c1-23(13-14-4-7-16(8-5-14)29-20(21)22)19(26)17-12-15(25(27)28)6-9-18(17)24-10-2-3-11-24/h4-9,12,20H,2-3,10-11,13H2,1H3. The Morgan fingerprint density at radius 1 is 1.21 bits per heavy atom. The summed E-state index contributed by atoms with van der Waals surface area (Å²) in [5, 5.41) is 11.2. The fraction of sp³-hybridized carbons (Fsp3) is 0.350. The van der Waals surface area contributed by atoms with Crippen molar-refractivity contribution in [3.05, 3.63) is 63.7 Å². The normalized spacial score (nSPS) is 13.6. The van der Waals surface area contributed by atoms with Crippen LogP contribution in [0.5, 0.6) is 5.75 Å². The quantitative estimate of drug-likeness (QED) is 0.513. The molecule has 0 bridgehead atoms. The fourth-order valence-electron chi connectivity index (χ4n) is 3.37. The molecule has 1 saturated heterocycles. The van der Waals surface area contributed by atoms with Crippen molar-refractivity contribution in [1.29, 1.82) is 0 Å². The lowest BCUT2D eigenvalue weighted by Gasteiger charge is -2.24. The van der Waals surface area contributed by atoms with Crippen LogP contribution < -0.4 is 9.64 Å². The van der Waals surface area contributed by atoms with E-state index in [1.807, 2.05) is 0 Å². The highest BCUT2D eigenvalue weighted by Crippen LogP contribution is 2.29. The molecule has 29 heavy (non-hydrogen) atoms. The number of non-ortho nitro benzene ring substituents is 1. The monoisotopic (exact) mass is 405 g/mol. The summed E-state index contributed by atoms with van der Waals surface area (Å²) < 4.78 is 28.8. The van der Waals surface area contributed by atoms with Crippen LogP contribution in [0.2, 0.25) is 0 Å². The van der Waals surface area contributed by atoms with Gasteiger partial charge in [-0.1, -0.05) is 12.1 Å². The van der Waals surface area contributed by atoms with Crippen molar-refractivity contribution in [2.75, 3.05) is 25.0 Å². The van der Waals surface area contributed by atoms with E-state index in [0.29, 0.717) is 5.69 Å². The zero-order valence-corrected chi connectivity index (χ0v) is 15.9. The molecule has 0 N–H and O–H groups in total. The number of nitro groups is 1. The van der Waals surface area contributed by atoms with Gasteiger partial charge in [0.15, 0.2) is 0 Å². The van der Waals surface area contributed by atoms with E-state index in [2.05, 4.69) is 9.64 Å². The zero-order valence-electron chi connectivity index (χ0n) is 15.9. The molecule has 7 nitrogen and oxygen atoms in total. The Morgan fingerprint density at radius 3 is 2.45 bits per heavy atom. The summed E-state index contributed by atoms with van der Waals surface area (Å²) in [6.45, 7) is -1.08. The number of nitro benzene ring substituents is 1. The third-order valence-corrected chi connectivity index (χ3v) is 4.78. The maximum atomic E-state index is 13.1. The van der Waals surface area contributed by atoms with Gasteiger partial charge in [0.05, 0.1) is 16.2 Å². The second-order valence-corrected chi connectivity index (χ2v) is 6.84. The molecule has 0 saturated carbocycles. The first-order valence-electron chi connectivity index (χ1n) is 9.18. The number of nitrogens with zero attached hydrogens (tertiary/aromatic N) is 3. The lowest BCUT2D eigenvalue weighted by atomic mass is 10.1. The van der Waals surface area contributed by atoms with E-state index < -0.39 is 11.5 Å². The Labute approximate surface area is 166 Å². The largest absolute Gasteiger partial charge is 0.435 e. The summed E-state index contributed by atoms with van der Waals surface area (Å²) in [7, 11) is 1.60. The number of anilines is 1. The number of carbonyl (C=O) groups excluding carboxylic acids is 1. The smallest absolute Gasteiger partial charge is 0.387 e. The summed E-state index contributed by atoms with van der Waals surface area (Å²) in [6.07, 6.45) is 2.01. The molecule has 2 aromatic rings. The van der Waals surface area contributed by atoms with E-state index in [4.69, 9.17) is 0 Å². The molecule has 0 radical (unpaired) electrons. The summed E-state index contributed by atoms with van der Waals surface area (Å²) in [4.78, 5) is 27.2. The number of rotatable bonds is 7. The maximum Gasteiger partial charge on any atom is 0.387 e. The molecule has 0 aromatic heterocycles. The molecule has 1 amide bonds. The van der Waals surface area contributed by atoms with E-state index in [0.717, 1.165) is 31.5 Å². The predicted molar refractivity (Wildman–Crippen MR) is 103 cm³/mol. The molecule has 3 rings (SSSR count). The first-order valence-corrected chi connectivity index (χ1v) is 9.18. The van der Waals surface area contributed by atoms with Gasteiger partial charge in [-0.2, -0.15) is 8.78 Å². The number of halogens is 2. The van der Waals surface area contributed by atoms with Gasteiger partial charge >= 0.3 is 6.61 Å². The van der Waals surface area contributed by atoms with Crippen LogP contribution in [0.4, 0.5) is 20.2 Å². The topological polar surface area (TPSA) is 75.9 Å². The number of benzene rings is 2. The number of amides is 1. The van der Waals surface area contributed by atoms with Crippen LogP contribution in [-0.2, 0) is 6.54 Å². The Kier molecular flexibility index (Phi) is 6.26. The summed E-state index contributed by atoms with van der Waals surface area (Å²) in [6, 6.07) is 10.3. The van der Waals surface area contributed by atoms with Gasteiger partial charge in [-0.15, -0.1) is 0 Å². The molecule has 0 aliphatic carbocycles. The minimum Gasteiger partial charge on any atom is -0.435 e. The molecule has 1 heterocycles. The van der Waals surface area contributed by atoms with E-state index >= 15 is 0 Å². The van der Waals surface area contributed by atoms with Crippen LogP contribution in [0.3, 0.4) is 0 Å². The van der Waals surface area contributed by atoms with Crippen molar-refractivity contribution < 1.29 is 23.2 Å². The van der Waals surface area contributed by atoms with Crippen LogP contribution in [0, 0.1) is 10.1 Å². The van der Waals surface area contributed by atoms with E-state index in [-0.39, 0.29) is 29.5 Å². The average molecular weight is 405 g/mol. The minimum absolute atomic E-state index is 0.0349. The van der Waals surface area contributed by atoms with E-state index in [1.54, 1.807) is 25.2 Å². The Hall–Kier alpha value is -3.23. The van der Waals surface area contributed by atoms with Gasteiger partial charge in [-0.3, -0.25) is 14.9 Å². The molecule has 9 heteroatoms.